The van der Waals surface area contributed by atoms with E-state index in [1.54, 1.807) is 20.8 Å². The second-order valence-electron chi connectivity index (χ2n) is 1.88. The Labute approximate surface area is 65.8 Å². The number of hydrogen-bond donors (Lipinski definition) is 0. The molecule has 0 saturated heterocycles. The smallest absolute Gasteiger partial charge is 0.334 e. The van der Waals surface area contributed by atoms with Gasteiger partial charge in [-0.1, -0.05) is 11.6 Å². The quantitative estimate of drug-likeness (QED) is 0.459. The lowest BCUT2D eigenvalue weighted by Crippen LogP contribution is -2.05. The van der Waals surface area contributed by atoms with Gasteiger partial charge in [-0.05, 0) is 20.8 Å². The van der Waals surface area contributed by atoms with Crippen molar-refractivity contribution in [3.8, 4) is 0 Å². The van der Waals surface area contributed by atoms with E-state index >= 15 is 0 Å². The average Bonchev–Trinajstić information content (AvgIpc) is 1.87. The van der Waals surface area contributed by atoms with Crippen molar-refractivity contribution in [2.24, 2.45) is 0 Å². The van der Waals surface area contributed by atoms with Gasteiger partial charge in [0.05, 0.1) is 6.61 Å². The largest absolute Gasteiger partial charge is 0.463 e. The zero-order valence-corrected chi connectivity index (χ0v) is 7.16. The van der Waals surface area contributed by atoms with E-state index < -0.39 is 0 Å². The number of carbonyl (C=O) groups excluding carboxylic acids is 1. The highest BCUT2D eigenvalue weighted by molar-refractivity contribution is 6.31. The van der Waals surface area contributed by atoms with Gasteiger partial charge >= 0.3 is 5.97 Å². The first-order chi connectivity index (χ1) is 4.59. The lowest BCUT2D eigenvalue weighted by Gasteiger charge is -2.00. The summed E-state index contributed by atoms with van der Waals surface area (Å²) in [6.45, 7) is 5.45. The summed E-state index contributed by atoms with van der Waals surface area (Å²) in [6, 6.07) is 0. The van der Waals surface area contributed by atoms with Gasteiger partial charge in [-0.3, -0.25) is 0 Å². The number of hydrogen-bond acceptors (Lipinski definition) is 2. The van der Waals surface area contributed by atoms with E-state index in [9.17, 15) is 4.79 Å². The molecular formula is C7H11ClO2. The Balaban J connectivity index is 4.09. The van der Waals surface area contributed by atoms with Crippen LogP contribution in [0.1, 0.15) is 20.8 Å². The standard InChI is InChI=1S/C7H11ClO2/c1-4-10-7(9)5(2)6(3)8/h4H2,1-3H3/b6-5-. The molecule has 0 aromatic heterocycles. The van der Waals surface area contributed by atoms with E-state index in [2.05, 4.69) is 4.74 Å². The van der Waals surface area contributed by atoms with E-state index in [-0.39, 0.29) is 5.97 Å². The van der Waals surface area contributed by atoms with Crippen LogP contribution in [0.5, 0.6) is 0 Å². The predicted molar refractivity (Wildman–Crippen MR) is 40.9 cm³/mol. The van der Waals surface area contributed by atoms with Crippen molar-refractivity contribution in [2.75, 3.05) is 6.61 Å². The number of allylic oxidation sites excluding steroid dienone is 1. The Kier molecular flexibility index (Phi) is 4.12. The molecule has 0 amide bonds. The molecule has 2 nitrogen and oxygen atoms in total. The van der Waals surface area contributed by atoms with E-state index in [0.29, 0.717) is 17.2 Å². The molecule has 0 rings (SSSR count). The fourth-order valence-electron chi connectivity index (χ4n) is 0.380. The molecule has 0 heterocycles. The number of rotatable bonds is 2. The first kappa shape index (κ1) is 9.50. The zero-order valence-electron chi connectivity index (χ0n) is 6.40. The maximum absolute atomic E-state index is 10.8. The van der Waals surface area contributed by atoms with Crippen LogP contribution < -0.4 is 0 Å². The summed E-state index contributed by atoms with van der Waals surface area (Å²) >= 11 is 5.54. The second kappa shape index (κ2) is 4.34. The molecule has 3 heteroatoms. The summed E-state index contributed by atoms with van der Waals surface area (Å²) in [4.78, 5) is 10.8. The van der Waals surface area contributed by atoms with Crippen LogP contribution in [0.4, 0.5) is 0 Å². The minimum absolute atomic E-state index is 0.338. The van der Waals surface area contributed by atoms with Crippen LogP contribution in [0, 0.1) is 0 Å². The number of ether oxygens (including phenoxy) is 1. The van der Waals surface area contributed by atoms with Crippen molar-refractivity contribution in [3.63, 3.8) is 0 Å². The molecule has 10 heavy (non-hydrogen) atoms. The Morgan fingerprint density at radius 2 is 2.00 bits per heavy atom. The molecule has 0 atom stereocenters. The van der Waals surface area contributed by atoms with Crippen molar-refractivity contribution in [2.45, 2.75) is 20.8 Å². The molecule has 0 fully saturated rings. The maximum Gasteiger partial charge on any atom is 0.334 e. The molecule has 0 aliphatic heterocycles. The van der Waals surface area contributed by atoms with Gasteiger partial charge < -0.3 is 4.74 Å². The highest BCUT2D eigenvalue weighted by Gasteiger charge is 2.05. The van der Waals surface area contributed by atoms with Crippen molar-refractivity contribution in [1.29, 1.82) is 0 Å². The second-order valence-corrected chi connectivity index (χ2v) is 2.45. The third kappa shape index (κ3) is 2.87. The average molecular weight is 163 g/mol. The molecule has 0 spiro atoms. The third-order valence-corrected chi connectivity index (χ3v) is 1.38. The van der Waals surface area contributed by atoms with Crippen LogP contribution in [0.25, 0.3) is 0 Å². The van der Waals surface area contributed by atoms with Gasteiger partial charge in [-0.25, -0.2) is 4.79 Å². The molecule has 0 saturated carbocycles. The van der Waals surface area contributed by atoms with Gasteiger partial charge in [-0.2, -0.15) is 0 Å². The highest BCUT2D eigenvalue weighted by Crippen LogP contribution is 2.08. The van der Waals surface area contributed by atoms with E-state index in [4.69, 9.17) is 11.6 Å². The van der Waals surface area contributed by atoms with Gasteiger partial charge in [-0.15, -0.1) is 0 Å². The fourth-order valence-corrected chi connectivity index (χ4v) is 0.457. The molecule has 0 radical (unpaired) electrons. The first-order valence-electron chi connectivity index (χ1n) is 3.09. The lowest BCUT2D eigenvalue weighted by molar-refractivity contribution is -0.138. The molecule has 0 aliphatic rings. The van der Waals surface area contributed by atoms with Crippen LogP contribution in [-0.4, -0.2) is 12.6 Å². The van der Waals surface area contributed by atoms with Crippen LogP contribution in [-0.2, 0) is 9.53 Å². The van der Waals surface area contributed by atoms with Crippen molar-refractivity contribution in [3.05, 3.63) is 10.6 Å². The summed E-state index contributed by atoms with van der Waals surface area (Å²) in [5.41, 5.74) is 0.475. The zero-order chi connectivity index (χ0) is 8.15. The first-order valence-corrected chi connectivity index (χ1v) is 3.47. The topological polar surface area (TPSA) is 26.3 Å². The Hall–Kier alpha value is -0.500. The summed E-state index contributed by atoms with van der Waals surface area (Å²) < 4.78 is 4.68. The van der Waals surface area contributed by atoms with E-state index in [1.807, 2.05) is 0 Å². The normalized spacial score (nSPS) is 12.4. The van der Waals surface area contributed by atoms with Gasteiger partial charge in [0, 0.05) is 10.6 Å². The Morgan fingerprint density at radius 3 is 2.30 bits per heavy atom. The minimum atomic E-state index is -0.338. The summed E-state index contributed by atoms with van der Waals surface area (Å²) in [5, 5.41) is 0.485. The number of esters is 1. The summed E-state index contributed by atoms with van der Waals surface area (Å²) in [6.07, 6.45) is 0. The highest BCUT2D eigenvalue weighted by atomic mass is 35.5. The molecule has 58 valence electrons. The molecular weight excluding hydrogens is 152 g/mol. The monoisotopic (exact) mass is 162 g/mol. The van der Waals surface area contributed by atoms with Crippen LogP contribution >= 0.6 is 11.6 Å². The minimum Gasteiger partial charge on any atom is -0.463 e. The van der Waals surface area contributed by atoms with Gasteiger partial charge in [0.2, 0.25) is 0 Å². The lowest BCUT2D eigenvalue weighted by atomic mass is 10.3. The number of carbonyl (C=O) groups is 1. The maximum atomic E-state index is 10.8. The van der Waals surface area contributed by atoms with Gasteiger partial charge in [0.1, 0.15) is 0 Å². The van der Waals surface area contributed by atoms with Crippen molar-refractivity contribution >= 4 is 17.6 Å². The molecule has 0 aromatic carbocycles. The van der Waals surface area contributed by atoms with Crippen molar-refractivity contribution < 1.29 is 9.53 Å². The van der Waals surface area contributed by atoms with Crippen LogP contribution in [0.15, 0.2) is 10.6 Å². The number of halogens is 1. The van der Waals surface area contributed by atoms with Crippen LogP contribution in [0.2, 0.25) is 0 Å². The fraction of sp³-hybridized carbons (Fsp3) is 0.571. The predicted octanol–water partition coefficient (Wildman–Crippen LogP) is 2.08. The summed E-state index contributed by atoms with van der Waals surface area (Å²) in [5.74, 6) is -0.338. The van der Waals surface area contributed by atoms with E-state index in [1.165, 1.54) is 0 Å². The molecule has 0 N–H and O–H groups in total. The SMILES string of the molecule is CCOC(=O)/C(C)=C(/C)Cl. The van der Waals surface area contributed by atoms with Crippen LogP contribution in [0.3, 0.4) is 0 Å². The molecule has 0 aromatic rings. The van der Waals surface area contributed by atoms with Gasteiger partial charge in [0.25, 0.3) is 0 Å². The van der Waals surface area contributed by atoms with E-state index in [0.717, 1.165) is 0 Å². The Morgan fingerprint density at radius 1 is 1.50 bits per heavy atom. The Bertz CT molecular complexity index is 157. The molecule has 0 unspecified atom stereocenters. The molecule has 0 aliphatic carbocycles. The van der Waals surface area contributed by atoms with Crippen molar-refractivity contribution in [1.82, 2.24) is 0 Å². The third-order valence-electron chi connectivity index (χ3n) is 1.10. The summed E-state index contributed by atoms with van der Waals surface area (Å²) in [7, 11) is 0. The molecule has 0 bridgehead atoms. The van der Waals surface area contributed by atoms with Gasteiger partial charge in [0.15, 0.2) is 0 Å².